The van der Waals surface area contributed by atoms with E-state index >= 15 is 0 Å². The summed E-state index contributed by atoms with van der Waals surface area (Å²) >= 11 is 0. The van der Waals surface area contributed by atoms with Crippen molar-refractivity contribution in [2.45, 2.75) is 0 Å². The predicted octanol–water partition coefficient (Wildman–Crippen LogP) is 24.8. The van der Waals surface area contributed by atoms with Crippen molar-refractivity contribution in [2.24, 2.45) is 0 Å². The summed E-state index contributed by atoms with van der Waals surface area (Å²) in [4.78, 5) is 4.67. The van der Waals surface area contributed by atoms with E-state index in [1.54, 1.807) is 0 Å². The molecule has 15 aromatic carbocycles. The first kappa shape index (κ1) is 55.6. The third-order valence-electron chi connectivity index (χ3n) is 18.4. The zero-order chi connectivity index (χ0) is 62.3. The van der Waals surface area contributed by atoms with Crippen molar-refractivity contribution >= 4 is 77.5 Å². The van der Waals surface area contributed by atoms with Crippen LogP contribution >= 0.6 is 0 Å². The van der Waals surface area contributed by atoms with Gasteiger partial charge >= 0.3 is 0 Å². The van der Waals surface area contributed by atoms with Gasteiger partial charge in [-0.15, -0.1) is 0 Å². The van der Waals surface area contributed by atoms with E-state index in [1.807, 2.05) is 0 Å². The quantitative estimate of drug-likeness (QED) is 0.101. The zero-order valence-electron chi connectivity index (χ0n) is 51.6. The van der Waals surface area contributed by atoms with Gasteiger partial charge in [-0.25, -0.2) is 0 Å². The topological polar surface area (TPSA) is 16.3 Å². The SMILES string of the molecule is c1ccc(-c2c3cc4c(-c5ccccc5)c(-c5ccccc5)n(-c5ccc(N(c6ccccc6)c6ccccc6)cc5)c4cc3c(-c3ccccc3)c3cc4c(-c5ccccc5)c(-c5ccccc5)n(-c5ccc(N(c6ccccc6)c6ccccc6)cc5)c4cc23)cc1. The lowest BCUT2D eigenvalue weighted by Crippen LogP contribution is -2.09. The Morgan fingerprint density at radius 1 is 0.170 bits per heavy atom. The number of hydrogen-bond acceptors (Lipinski definition) is 2. The third-order valence-corrected chi connectivity index (χ3v) is 18.4. The maximum absolute atomic E-state index is 2.53. The largest absolute Gasteiger partial charge is 0.311 e. The minimum Gasteiger partial charge on any atom is -0.311 e. The van der Waals surface area contributed by atoms with E-state index in [2.05, 4.69) is 395 Å². The summed E-state index contributed by atoms with van der Waals surface area (Å²) in [5.41, 5.74) is 24.7. The molecule has 0 N–H and O–H groups in total. The Kier molecular flexibility index (Phi) is 14.2. The van der Waals surface area contributed by atoms with Crippen LogP contribution in [-0.2, 0) is 0 Å². The molecular formula is C90H62N4. The molecule has 0 saturated carbocycles. The summed E-state index contributed by atoms with van der Waals surface area (Å²) in [5.74, 6) is 0. The molecule has 0 bridgehead atoms. The van der Waals surface area contributed by atoms with Gasteiger partial charge in [-0.2, -0.15) is 0 Å². The second kappa shape index (κ2) is 24.0. The first-order valence-electron chi connectivity index (χ1n) is 32.2. The second-order valence-corrected chi connectivity index (χ2v) is 23.9. The molecule has 17 aromatic rings. The maximum Gasteiger partial charge on any atom is 0.0619 e. The van der Waals surface area contributed by atoms with Crippen LogP contribution in [0.3, 0.4) is 0 Å². The number of benzene rings is 15. The highest BCUT2D eigenvalue weighted by Crippen LogP contribution is 2.53. The molecule has 17 rings (SSSR count). The van der Waals surface area contributed by atoms with E-state index in [0.717, 1.165) is 112 Å². The Morgan fingerprint density at radius 2 is 0.383 bits per heavy atom. The Hall–Kier alpha value is -12.5. The van der Waals surface area contributed by atoms with Crippen LogP contribution in [0, 0.1) is 0 Å². The Balaban J connectivity index is 0.998. The molecule has 0 radical (unpaired) electrons. The first-order valence-corrected chi connectivity index (χ1v) is 32.2. The minimum absolute atomic E-state index is 1.06. The van der Waals surface area contributed by atoms with Crippen molar-refractivity contribution in [1.82, 2.24) is 9.13 Å². The number of hydrogen-bond donors (Lipinski definition) is 0. The molecule has 0 atom stereocenters. The molecule has 0 aliphatic rings. The number of nitrogens with zero attached hydrogens (tertiary/aromatic N) is 4. The molecular weight excluding hydrogens is 1140 g/mol. The smallest absolute Gasteiger partial charge is 0.0619 e. The number of para-hydroxylation sites is 4. The molecule has 442 valence electrons. The molecule has 0 saturated heterocycles. The van der Waals surface area contributed by atoms with Gasteiger partial charge in [0, 0.05) is 67.4 Å². The number of anilines is 6. The van der Waals surface area contributed by atoms with E-state index < -0.39 is 0 Å². The van der Waals surface area contributed by atoms with Gasteiger partial charge in [0.15, 0.2) is 0 Å². The molecule has 4 nitrogen and oxygen atoms in total. The van der Waals surface area contributed by atoms with E-state index in [4.69, 9.17) is 0 Å². The fourth-order valence-electron chi connectivity index (χ4n) is 14.4. The molecule has 0 aliphatic carbocycles. The molecule has 0 amide bonds. The molecule has 94 heavy (non-hydrogen) atoms. The van der Waals surface area contributed by atoms with E-state index in [0.29, 0.717) is 0 Å². The number of aromatic nitrogens is 2. The number of fused-ring (bicyclic) bond motifs is 4. The Bertz CT molecular complexity index is 5080. The highest BCUT2D eigenvalue weighted by atomic mass is 15.1. The van der Waals surface area contributed by atoms with Gasteiger partial charge in [0.2, 0.25) is 0 Å². The number of rotatable bonds is 14. The molecule has 4 heteroatoms. The van der Waals surface area contributed by atoms with Crippen molar-refractivity contribution in [3.8, 4) is 78.4 Å². The molecule has 0 fully saturated rings. The van der Waals surface area contributed by atoms with Gasteiger partial charge in [-0.05, 0) is 187 Å². The van der Waals surface area contributed by atoms with Crippen LogP contribution in [0.2, 0.25) is 0 Å². The molecule has 2 aromatic heterocycles. The van der Waals surface area contributed by atoms with Crippen LogP contribution in [0.4, 0.5) is 34.1 Å². The van der Waals surface area contributed by atoms with Crippen molar-refractivity contribution in [1.29, 1.82) is 0 Å². The highest BCUT2D eigenvalue weighted by molar-refractivity contribution is 6.27. The standard InChI is InChI=1S/C90H62N4/c1-11-31-63(32-12-1)85-77-59-81-84(94(89(67-39-19-5-20-40-67)87(81)65-35-15-3-16-36-65)76-57-53-74(54-58-76)92(71-47-27-9-28-48-71)72-49-29-10-30-50-72)62-80(77)86(64-33-13-2-14-34-64)78-60-82-83(61-79(78)85)93(90(68-41-21-6-22-42-68)88(82)66-37-17-4-18-38-66)75-55-51-73(52-56-75)91(69-43-23-7-24-44-69)70-45-25-8-26-46-70/h1-62H. The van der Waals surface area contributed by atoms with E-state index in [-0.39, 0.29) is 0 Å². The van der Waals surface area contributed by atoms with Gasteiger partial charge in [-0.3, -0.25) is 0 Å². The Morgan fingerprint density at radius 3 is 0.649 bits per heavy atom. The maximum atomic E-state index is 2.53. The minimum atomic E-state index is 1.06. The third kappa shape index (κ3) is 9.81. The summed E-state index contributed by atoms with van der Waals surface area (Å²) in [5, 5.41) is 7.00. The van der Waals surface area contributed by atoms with E-state index in [9.17, 15) is 0 Å². The van der Waals surface area contributed by atoms with E-state index in [1.165, 1.54) is 43.8 Å². The van der Waals surface area contributed by atoms with Crippen LogP contribution in [-0.4, -0.2) is 9.13 Å². The summed E-state index contributed by atoms with van der Waals surface area (Å²) < 4.78 is 5.06. The fraction of sp³-hybridized carbons (Fsp3) is 0. The lowest BCUT2D eigenvalue weighted by Gasteiger charge is -2.26. The average molecular weight is 1200 g/mol. The molecule has 2 heterocycles. The van der Waals surface area contributed by atoms with Crippen LogP contribution in [0.15, 0.2) is 376 Å². The van der Waals surface area contributed by atoms with Gasteiger partial charge in [-0.1, -0.05) is 255 Å². The summed E-state index contributed by atoms with van der Waals surface area (Å²) in [6.07, 6.45) is 0. The van der Waals surface area contributed by atoms with Crippen LogP contribution in [0.1, 0.15) is 0 Å². The monoisotopic (exact) mass is 1200 g/mol. The zero-order valence-corrected chi connectivity index (χ0v) is 51.6. The highest BCUT2D eigenvalue weighted by Gasteiger charge is 2.29. The summed E-state index contributed by atoms with van der Waals surface area (Å²) in [6.45, 7) is 0. The Labute approximate surface area is 547 Å². The van der Waals surface area contributed by atoms with Crippen LogP contribution in [0.25, 0.3) is 122 Å². The van der Waals surface area contributed by atoms with Crippen molar-refractivity contribution in [3.05, 3.63) is 376 Å². The van der Waals surface area contributed by atoms with Crippen molar-refractivity contribution < 1.29 is 0 Å². The lowest BCUT2D eigenvalue weighted by atomic mass is 9.84. The average Bonchev–Trinajstić information content (AvgIpc) is 1.56. The predicted molar refractivity (Wildman–Crippen MR) is 397 cm³/mol. The molecule has 0 unspecified atom stereocenters. The molecule has 0 spiro atoms. The second-order valence-electron chi connectivity index (χ2n) is 23.9. The lowest BCUT2D eigenvalue weighted by molar-refractivity contribution is 1.13. The van der Waals surface area contributed by atoms with Gasteiger partial charge < -0.3 is 18.9 Å². The molecule has 0 aliphatic heterocycles. The van der Waals surface area contributed by atoms with Crippen LogP contribution < -0.4 is 9.80 Å². The fourth-order valence-corrected chi connectivity index (χ4v) is 14.4. The van der Waals surface area contributed by atoms with Crippen LogP contribution in [0.5, 0.6) is 0 Å². The summed E-state index contributed by atoms with van der Waals surface area (Å²) in [7, 11) is 0. The van der Waals surface area contributed by atoms with Gasteiger partial charge in [0.1, 0.15) is 0 Å². The van der Waals surface area contributed by atoms with Gasteiger partial charge in [0.05, 0.1) is 22.4 Å². The van der Waals surface area contributed by atoms with Gasteiger partial charge in [0.25, 0.3) is 0 Å². The summed E-state index contributed by atoms with van der Waals surface area (Å²) in [6, 6.07) is 137. The van der Waals surface area contributed by atoms with Crippen molar-refractivity contribution in [3.63, 3.8) is 0 Å². The van der Waals surface area contributed by atoms with Crippen molar-refractivity contribution in [2.75, 3.05) is 9.80 Å². The normalized spacial score (nSPS) is 11.4. The first-order chi connectivity index (χ1) is 46.7.